The number of hydrogen-bond donors (Lipinski definition) is 2. The summed E-state index contributed by atoms with van der Waals surface area (Å²) in [6.07, 6.45) is -10.4. The van der Waals surface area contributed by atoms with Crippen LogP contribution in [-0.2, 0) is 13.8 Å². The molecule has 0 saturated carbocycles. The summed E-state index contributed by atoms with van der Waals surface area (Å²) in [4.78, 5) is 24.8. The van der Waals surface area contributed by atoms with Crippen LogP contribution < -0.4 is 29.8 Å². The van der Waals surface area contributed by atoms with E-state index in [0.717, 1.165) is 0 Å². The predicted molar refractivity (Wildman–Crippen MR) is 132 cm³/mol. The zero-order valence-corrected chi connectivity index (χ0v) is 22.4. The Morgan fingerprint density at radius 1 is 0.976 bits per heavy atom. The molecule has 2 heterocycles. The van der Waals surface area contributed by atoms with Gasteiger partial charge >= 0.3 is 19.4 Å². The second-order valence-corrected chi connectivity index (χ2v) is 10.2. The number of aliphatic hydroxyl groups is 1. The van der Waals surface area contributed by atoms with Gasteiger partial charge in [-0.2, -0.15) is 13.2 Å². The molecule has 0 radical (unpaired) electrons. The highest BCUT2D eigenvalue weighted by Gasteiger charge is 2.71. The summed E-state index contributed by atoms with van der Waals surface area (Å²) in [6, 6.07) is 10.5. The van der Waals surface area contributed by atoms with Crippen molar-refractivity contribution >= 4 is 7.82 Å². The van der Waals surface area contributed by atoms with Gasteiger partial charge in [-0.05, 0) is 48.5 Å². The van der Waals surface area contributed by atoms with Crippen LogP contribution in [0.15, 0.2) is 64.3 Å². The lowest BCUT2D eigenvalue weighted by atomic mass is 9.96. The van der Waals surface area contributed by atoms with Gasteiger partial charge in [-0.25, -0.2) is 18.1 Å². The number of benzene rings is 2. The molecular formula is C24H22F5N2O10P. The summed E-state index contributed by atoms with van der Waals surface area (Å²) >= 11 is 0. The number of rotatable bonds is 11. The van der Waals surface area contributed by atoms with Crippen molar-refractivity contribution < 1.29 is 59.4 Å². The van der Waals surface area contributed by atoms with Gasteiger partial charge in [0.05, 0.1) is 27.0 Å². The van der Waals surface area contributed by atoms with Gasteiger partial charge in [0.15, 0.2) is 11.7 Å². The van der Waals surface area contributed by atoms with Gasteiger partial charge in [0.1, 0.15) is 23.0 Å². The average Bonchev–Trinajstić information content (AvgIpc) is 3.16. The molecule has 2 N–H and O–H groups in total. The minimum absolute atomic E-state index is 0.000654. The highest BCUT2D eigenvalue weighted by atomic mass is 31.2. The number of aliphatic hydroxyl groups excluding tert-OH is 1. The lowest BCUT2D eigenvalue weighted by Crippen LogP contribution is -2.54. The van der Waals surface area contributed by atoms with Crippen molar-refractivity contribution in [3.63, 3.8) is 0 Å². The number of H-pyrrole nitrogens is 1. The first kappa shape index (κ1) is 31.0. The molecule has 42 heavy (non-hydrogen) atoms. The van der Waals surface area contributed by atoms with E-state index in [9.17, 15) is 32.4 Å². The number of halogens is 5. The van der Waals surface area contributed by atoms with Crippen molar-refractivity contribution in [3.05, 3.63) is 81.4 Å². The van der Waals surface area contributed by atoms with Gasteiger partial charge in [0.2, 0.25) is 12.0 Å². The van der Waals surface area contributed by atoms with Crippen molar-refractivity contribution in [1.29, 1.82) is 0 Å². The lowest BCUT2D eigenvalue weighted by Gasteiger charge is -2.31. The Labute approximate surface area is 232 Å². The van der Waals surface area contributed by atoms with E-state index >= 15 is 8.78 Å². The molecule has 0 aliphatic carbocycles. The monoisotopic (exact) mass is 624 g/mol. The van der Waals surface area contributed by atoms with E-state index in [1.165, 1.54) is 67.7 Å². The van der Waals surface area contributed by atoms with Gasteiger partial charge in [0.25, 0.3) is 12.0 Å². The van der Waals surface area contributed by atoms with Gasteiger partial charge in [0, 0.05) is 0 Å². The Balaban J connectivity index is 1.69. The number of aromatic amines is 1. The van der Waals surface area contributed by atoms with Crippen molar-refractivity contribution in [2.75, 3.05) is 20.8 Å². The van der Waals surface area contributed by atoms with Crippen molar-refractivity contribution in [2.45, 2.75) is 30.3 Å². The number of ether oxygens (including phenoxy) is 3. The van der Waals surface area contributed by atoms with E-state index < -0.39 is 61.8 Å². The molecule has 12 nitrogen and oxygen atoms in total. The van der Waals surface area contributed by atoms with Crippen LogP contribution in [0.5, 0.6) is 23.0 Å². The van der Waals surface area contributed by atoms with E-state index in [1.807, 2.05) is 0 Å². The van der Waals surface area contributed by atoms with Crippen LogP contribution >= 0.6 is 7.82 Å². The molecule has 3 aromatic rings. The highest BCUT2D eigenvalue weighted by Crippen LogP contribution is 2.55. The number of phosphoric ester groups is 1. The molecule has 228 valence electrons. The molecule has 1 aromatic heterocycles. The summed E-state index contributed by atoms with van der Waals surface area (Å²) in [7, 11) is -2.32. The smallest absolute Gasteiger partial charge is 0.497 e. The molecule has 1 unspecified atom stereocenters. The lowest BCUT2D eigenvalue weighted by molar-refractivity contribution is -0.193. The van der Waals surface area contributed by atoms with E-state index in [4.69, 9.17) is 27.8 Å². The summed E-state index contributed by atoms with van der Waals surface area (Å²) < 4.78 is 117. The van der Waals surface area contributed by atoms with Crippen LogP contribution in [0.25, 0.3) is 0 Å². The molecule has 1 aliphatic heterocycles. The molecule has 1 saturated heterocycles. The van der Waals surface area contributed by atoms with Crippen molar-refractivity contribution in [1.82, 2.24) is 9.55 Å². The summed E-state index contributed by atoms with van der Waals surface area (Å²) in [5.74, 6) is -6.08. The number of nitrogens with zero attached hydrogens (tertiary/aromatic N) is 1. The standard InChI is InChI=1S/C24H22F5N2O10P/c1-36-13-3-7-15(8-4-13)40-42(35,41-16-9-5-14(37-2)6-10-16)38-12-23(20(26)27)19(33)24(28,29)21(39-23)31-11-17(25)18(32)30-22(31)34/h3-11,19-21,33H,12H2,1-2H3,(H,30,32,34)/t19?,21-,23-/m0/s1. The zero-order chi connectivity index (χ0) is 30.9. The predicted octanol–water partition coefficient (Wildman–Crippen LogP) is 3.50. The third-order valence-corrected chi connectivity index (χ3v) is 7.35. The zero-order valence-electron chi connectivity index (χ0n) is 21.5. The van der Waals surface area contributed by atoms with Crippen LogP contribution in [0, 0.1) is 5.82 Å². The van der Waals surface area contributed by atoms with Crippen molar-refractivity contribution in [2.24, 2.45) is 0 Å². The SMILES string of the molecule is COc1ccc(OP(=O)(OC[C@]2(C(F)F)O[C@H](n3cc(F)c(=O)[nH]c3=O)C(F)(F)C2O)Oc2ccc(OC)cc2)cc1. The third kappa shape index (κ3) is 5.99. The molecule has 3 atom stereocenters. The molecule has 0 bridgehead atoms. The summed E-state index contributed by atoms with van der Waals surface area (Å²) in [6.45, 7) is -1.75. The van der Waals surface area contributed by atoms with E-state index in [-0.39, 0.29) is 22.3 Å². The number of nitrogens with one attached hydrogen (secondary N) is 1. The fourth-order valence-corrected chi connectivity index (χ4v) is 5.08. The Hall–Kier alpha value is -3.92. The first-order chi connectivity index (χ1) is 19.7. The quantitative estimate of drug-likeness (QED) is 0.240. The van der Waals surface area contributed by atoms with Crippen LogP contribution in [-0.4, -0.2) is 59.5 Å². The Morgan fingerprint density at radius 3 is 1.90 bits per heavy atom. The third-order valence-electron chi connectivity index (χ3n) is 6.04. The van der Waals surface area contributed by atoms with Crippen molar-refractivity contribution in [3.8, 4) is 23.0 Å². The van der Waals surface area contributed by atoms with Gasteiger partial charge in [-0.3, -0.25) is 18.9 Å². The Bertz CT molecular complexity index is 1510. The number of phosphoric acid groups is 1. The molecule has 0 amide bonds. The first-order valence-corrected chi connectivity index (χ1v) is 13.2. The fourth-order valence-electron chi connectivity index (χ4n) is 3.82. The maximum atomic E-state index is 15.1. The minimum Gasteiger partial charge on any atom is -0.497 e. The Morgan fingerprint density at radius 2 is 1.45 bits per heavy atom. The van der Waals surface area contributed by atoms with Crippen LogP contribution in [0.1, 0.15) is 6.23 Å². The fraction of sp³-hybridized carbons (Fsp3) is 0.333. The molecule has 0 spiro atoms. The molecule has 1 fully saturated rings. The first-order valence-electron chi connectivity index (χ1n) is 11.7. The number of hydrogen-bond acceptors (Lipinski definition) is 10. The average molecular weight is 624 g/mol. The topological polar surface area (TPSA) is 148 Å². The molecule has 1 aliphatic rings. The maximum absolute atomic E-state index is 15.1. The Kier molecular flexibility index (Phi) is 8.68. The van der Waals surface area contributed by atoms with Gasteiger partial charge in [-0.15, -0.1) is 0 Å². The second kappa shape index (κ2) is 11.8. The normalized spacial score (nSPS) is 21.7. The number of aromatic nitrogens is 2. The minimum atomic E-state index is -5.06. The molecule has 4 rings (SSSR count). The second-order valence-electron chi connectivity index (χ2n) is 8.70. The van der Waals surface area contributed by atoms with Gasteiger partial charge in [-0.1, -0.05) is 0 Å². The van der Waals surface area contributed by atoms with Crippen LogP contribution in [0.2, 0.25) is 0 Å². The van der Waals surface area contributed by atoms with Gasteiger partial charge < -0.3 is 28.4 Å². The summed E-state index contributed by atoms with van der Waals surface area (Å²) in [5.41, 5.74) is -6.89. The highest BCUT2D eigenvalue weighted by molar-refractivity contribution is 7.49. The molecular weight excluding hydrogens is 602 g/mol. The van der Waals surface area contributed by atoms with E-state index in [1.54, 1.807) is 0 Å². The maximum Gasteiger partial charge on any atom is 0.587 e. The number of alkyl halides is 4. The largest absolute Gasteiger partial charge is 0.587 e. The van der Waals surface area contributed by atoms with E-state index in [0.29, 0.717) is 11.5 Å². The molecule has 18 heteroatoms. The molecule has 2 aromatic carbocycles. The van der Waals surface area contributed by atoms with Crippen LogP contribution in [0.3, 0.4) is 0 Å². The summed E-state index contributed by atoms with van der Waals surface area (Å²) in [5, 5.41) is 10.4. The van der Waals surface area contributed by atoms with E-state index in [2.05, 4.69) is 0 Å². The van der Waals surface area contributed by atoms with Crippen LogP contribution in [0.4, 0.5) is 22.0 Å². The number of methoxy groups -OCH3 is 2.